The van der Waals surface area contributed by atoms with Gasteiger partial charge in [0.25, 0.3) is 0 Å². The molecule has 0 saturated heterocycles. The Morgan fingerprint density at radius 3 is 2.70 bits per heavy atom. The average molecular weight is 500 g/mol. The number of imidazole rings is 1. The summed E-state index contributed by atoms with van der Waals surface area (Å²) in [6.07, 6.45) is 11.8. The lowest BCUT2D eigenvalue weighted by atomic mass is 9.76. The van der Waals surface area contributed by atoms with Gasteiger partial charge in [0.05, 0.1) is 12.2 Å². The zero-order valence-electron chi connectivity index (χ0n) is 22.1. The molecule has 0 radical (unpaired) electrons. The topological polar surface area (TPSA) is 94.3 Å². The Labute approximate surface area is 218 Å². The maximum absolute atomic E-state index is 13.9. The number of aromatic amines is 1. The van der Waals surface area contributed by atoms with Gasteiger partial charge >= 0.3 is 5.69 Å². The van der Waals surface area contributed by atoms with Gasteiger partial charge in [0.2, 0.25) is 0 Å². The molecule has 8 nitrogen and oxygen atoms in total. The van der Waals surface area contributed by atoms with Crippen LogP contribution in [0.2, 0.25) is 0 Å². The van der Waals surface area contributed by atoms with E-state index in [1.807, 2.05) is 29.0 Å². The Morgan fingerprint density at radius 2 is 1.92 bits per heavy atom. The summed E-state index contributed by atoms with van der Waals surface area (Å²) in [5.41, 5.74) is 5.12. The quantitative estimate of drug-likeness (QED) is 0.320. The summed E-state index contributed by atoms with van der Waals surface area (Å²) in [4.78, 5) is 18.5. The van der Waals surface area contributed by atoms with Crippen molar-refractivity contribution in [3.63, 3.8) is 0 Å². The second kappa shape index (κ2) is 11.2. The second-order valence-electron chi connectivity index (χ2n) is 10.4. The molecule has 3 heterocycles. The second-order valence-corrected chi connectivity index (χ2v) is 10.4. The molecule has 4 aromatic rings. The number of unbranched alkanes of at least 4 members (excludes halogenated alkanes) is 1. The van der Waals surface area contributed by atoms with Crippen LogP contribution in [0, 0.1) is 11.8 Å². The summed E-state index contributed by atoms with van der Waals surface area (Å²) in [5.74, 6) is 1.70. The van der Waals surface area contributed by atoms with Gasteiger partial charge in [-0.25, -0.2) is 9.89 Å². The van der Waals surface area contributed by atoms with E-state index in [9.17, 15) is 4.79 Å². The van der Waals surface area contributed by atoms with Crippen molar-refractivity contribution in [1.29, 1.82) is 0 Å². The zero-order valence-corrected chi connectivity index (χ0v) is 22.1. The number of benzene rings is 1. The number of aromatic nitrogens is 7. The summed E-state index contributed by atoms with van der Waals surface area (Å²) in [5, 5.41) is 14.2. The molecule has 37 heavy (non-hydrogen) atoms. The number of nitrogens with zero attached hydrogens (tertiary/aromatic N) is 6. The van der Waals surface area contributed by atoms with Crippen molar-refractivity contribution in [3.05, 3.63) is 70.7 Å². The maximum atomic E-state index is 13.9. The summed E-state index contributed by atoms with van der Waals surface area (Å²) < 4.78 is 4.04. The fourth-order valence-corrected chi connectivity index (χ4v) is 5.98. The van der Waals surface area contributed by atoms with Crippen LogP contribution in [0.3, 0.4) is 0 Å². The smallest absolute Gasteiger partial charge is 0.295 e. The van der Waals surface area contributed by atoms with Crippen molar-refractivity contribution in [2.24, 2.45) is 11.8 Å². The molecule has 8 heteroatoms. The Kier molecular flexibility index (Phi) is 7.63. The molecule has 0 aliphatic heterocycles. The third-order valence-corrected chi connectivity index (χ3v) is 7.97. The number of tetrazole rings is 1. The fourth-order valence-electron chi connectivity index (χ4n) is 5.98. The highest BCUT2D eigenvalue weighted by molar-refractivity contribution is 5.70. The predicted octanol–water partition coefficient (Wildman–Crippen LogP) is 5.67. The molecule has 0 spiro atoms. The van der Waals surface area contributed by atoms with E-state index in [1.54, 1.807) is 0 Å². The largest absolute Gasteiger partial charge is 0.328 e. The minimum absolute atomic E-state index is 0.107. The first-order chi connectivity index (χ1) is 18.1. The Hall–Kier alpha value is -3.55. The Bertz CT molecular complexity index is 1370. The molecule has 1 aliphatic rings. The number of pyridine rings is 1. The normalized spacial score (nSPS) is 19.8. The third-order valence-electron chi connectivity index (χ3n) is 7.97. The van der Waals surface area contributed by atoms with Gasteiger partial charge in [0.1, 0.15) is 0 Å². The Morgan fingerprint density at radius 1 is 1.08 bits per heavy atom. The molecule has 0 amide bonds. The number of nitrogens with one attached hydrogen (secondary N) is 1. The van der Waals surface area contributed by atoms with E-state index in [-0.39, 0.29) is 11.7 Å². The summed E-state index contributed by atoms with van der Waals surface area (Å²) >= 11 is 0. The maximum Gasteiger partial charge on any atom is 0.328 e. The minimum atomic E-state index is 0.107. The number of hydrogen-bond donors (Lipinski definition) is 1. The van der Waals surface area contributed by atoms with Crippen LogP contribution in [0.5, 0.6) is 0 Å². The molecule has 3 aromatic heterocycles. The number of H-pyrrole nitrogens is 1. The fraction of sp³-hybridized carbons (Fsp3) is 0.483. The summed E-state index contributed by atoms with van der Waals surface area (Å²) in [6.45, 7) is 7.25. The van der Waals surface area contributed by atoms with Gasteiger partial charge in [-0.05, 0) is 77.3 Å². The van der Waals surface area contributed by atoms with Gasteiger partial charge < -0.3 is 0 Å². The van der Waals surface area contributed by atoms with Crippen LogP contribution in [0.4, 0.5) is 0 Å². The average Bonchev–Trinajstić information content (AvgIpc) is 3.57. The molecule has 1 aliphatic carbocycles. The highest BCUT2D eigenvalue weighted by Gasteiger charge is 2.33. The summed E-state index contributed by atoms with van der Waals surface area (Å²) in [6, 6.07) is 12.5. The van der Waals surface area contributed by atoms with Crippen LogP contribution in [0.1, 0.15) is 76.7 Å². The van der Waals surface area contributed by atoms with Gasteiger partial charge in [-0.2, -0.15) is 0 Å². The third kappa shape index (κ3) is 5.29. The van der Waals surface area contributed by atoms with Crippen molar-refractivity contribution >= 4 is 0 Å². The van der Waals surface area contributed by atoms with E-state index >= 15 is 0 Å². The predicted molar refractivity (Wildman–Crippen MR) is 145 cm³/mol. The van der Waals surface area contributed by atoms with Crippen molar-refractivity contribution in [3.8, 4) is 22.5 Å². The molecular formula is C29H37N7O. The molecule has 3 atom stereocenters. The van der Waals surface area contributed by atoms with E-state index in [2.05, 4.69) is 75.3 Å². The van der Waals surface area contributed by atoms with E-state index < -0.39 is 0 Å². The lowest BCUT2D eigenvalue weighted by molar-refractivity contribution is 0.161. The number of rotatable bonds is 9. The molecule has 1 saturated carbocycles. The highest BCUT2D eigenvalue weighted by Crippen LogP contribution is 2.39. The SMILES string of the molecule is CCCCc1cn(C2C(C)CCCC2CC)c(=O)n1Cc1cc(-c2cccc(-c3nnn[nH]3)c2)ccn1. The van der Waals surface area contributed by atoms with E-state index in [0.717, 1.165) is 53.8 Å². The van der Waals surface area contributed by atoms with E-state index in [4.69, 9.17) is 0 Å². The Balaban J connectivity index is 1.48. The van der Waals surface area contributed by atoms with E-state index in [0.29, 0.717) is 24.2 Å². The molecule has 1 N–H and O–H groups in total. The van der Waals surface area contributed by atoms with Crippen LogP contribution in [0.25, 0.3) is 22.5 Å². The van der Waals surface area contributed by atoms with Crippen LogP contribution < -0.4 is 5.69 Å². The standard InChI is InChI=1S/C29H37N7O/c1-4-6-13-26-19-36(27-20(3)9-7-10-21(27)5-2)29(37)35(26)18-25-17-23(14-15-30-25)22-11-8-12-24(16-22)28-31-33-34-32-28/h8,11-12,14-17,19-21,27H,4-7,9-10,13,18H2,1-3H3,(H,31,32,33,34). The van der Waals surface area contributed by atoms with Crippen molar-refractivity contribution < 1.29 is 0 Å². The summed E-state index contributed by atoms with van der Waals surface area (Å²) in [7, 11) is 0. The molecule has 1 fully saturated rings. The van der Waals surface area contributed by atoms with Gasteiger partial charge in [-0.15, -0.1) is 5.10 Å². The van der Waals surface area contributed by atoms with Crippen LogP contribution in [-0.4, -0.2) is 34.7 Å². The van der Waals surface area contributed by atoms with E-state index in [1.165, 1.54) is 19.3 Å². The highest BCUT2D eigenvalue weighted by atomic mass is 16.1. The molecule has 0 bridgehead atoms. The monoisotopic (exact) mass is 499 g/mol. The number of hydrogen-bond acceptors (Lipinski definition) is 5. The van der Waals surface area contributed by atoms with Gasteiger partial charge in [0, 0.05) is 29.7 Å². The van der Waals surface area contributed by atoms with Crippen LogP contribution in [0.15, 0.2) is 53.6 Å². The first kappa shape index (κ1) is 25.1. The van der Waals surface area contributed by atoms with Gasteiger partial charge in [-0.3, -0.25) is 14.1 Å². The lowest BCUT2D eigenvalue weighted by Gasteiger charge is -2.36. The number of aryl methyl sites for hydroxylation is 1. The van der Waals surface area contributed by atoms with Crippen molar-refractivity contribution in [2.75, 3.05) is 0 Å². The van der Waals surface area contributed by atoms with Crippen molar-refractivity contribution in [1.82, 2.24) is 34.7 Å². The zero-order chi connectivity index (χ0) is 25.8. The minimum Gasteiger partial charge on any atom is -0.295 e. The molecule has 5 rings (SSSR count). The molecular weight excluding hydrogens is 462 g/mol. The van der Waals surface area contributed by atoms with Gasteiger partial charge in [-0.1, -0.05) is 58.2 Å². The van der Waals surface area contributed by atoms with Gasteiger partial charge in [0.15, 0.2) is 5.82 Å². The molecule has 194 valence electrons. The lowest BCUT2D eigenvalue weighted by Crippen LogP contribution is -2.36. The molecule has 3 unspecified atom stereocenters. The van der Waals surface area contributed by atoms with Crippen LogP contribution >= 0.6 is 0 Å². The van der Waals surface area contributed by atoms with Crippen LogP contribution in [-0.2, 0) is 13.0 Å². The molecule has 1 aromatic carbocycles. The first-order valence-corrected chi connectivity index (χ1v) is 13.7. The van der Waals surface area contributed by atoms with Crippen molar-refractivity contribution in [2.45, 2.75) is 78.3 Å². The first-order valence-electron chi connectivity index (χ1n) is 13.7.